The van der Waals surface area contributed by atoms with Crippen LogP contribution < -0.4 is 0 Å². The van der Waals surface area contributed by atoms with Gasteiger partial charge in [-0.05, 0) is 24.7 Å². The summed E-state index contributed by atoms with van der Waals surface area (Å²) >= 11 is 0. The van der Waals surface area contributed by atoms with Gasteiger partial charge in [0, 0.05) is 12.8 Å². The molecule has 0 radical (unpaired) electrons. The van der Waals surface area contributed by atoms with Gasteiger partial charge in [-0.25, -0.2) is 0 Å². The van der Waals surface area contributed by atoms with E-state index in [1.807, 2.05) is 0 Å². The molecule has 0 amide bonds. The van der Waals surface area contributed by atoms with Crippen molar-refractivity contribution in [1.29, 1.82) is 0 Å². The number of rotatable bonds is 4. The summed E-state index contributed by atoms with van der Waals surface area (Å²) in [5, 5.41) is 0. The van der Waals surface area contributed by atoms with Gasteiger partial charge < -0.3 is 0 Å². The van der Waals surface area contributed by atoms with E-state index in [0.29, 0.717) is 24.0 Å². The quantitative estimate of drug-likeness (QED) is 0.621. The summed E-state index contributed by atoms with van der Waals surface area (Å²) in [5.74, 6) is 0.295. The maximum Gasteiger partial charge on any atom is 0.140 e. The minimum Gasteiger partial charge on any atom is -0.299 e. The van der Waals surface area contributed by atoms with Gasteiger partial charge in [0.25, 0.3) is 0 Å². The van der Waals surface area contributed by atoms with Crippen molar-refractivity contribution in [2.24, 2.45) is 5.41 Å². The summed E-state index contributed by atoms with van der Waals surface area (Å²) in [6.45, 7) is 8.06. The zero-order valence-electron chi connectivity index (χ0n) is 9.31. The van der Waals surface area contributed by atoms with Crippen LogP contribution in [0, 0.1) is 5.41 Å². The molecule has 0 fully saturated rings. The van der Waals surface area contributed by atoms with Crippen LogP contribution >= 0.6 is 0 Å². The number of hydrogen-bond donors (Lipinski definition) is 0. The van der Waals surface area contributed by atoms with Crippen molar-refractivity contribution < 1.29 is 4.79 Å². The summed E-state index contributed by atoms with van der Waals surface area (Å²) in [6, 6.07) is 0. The lowest BCUT2D eigenvalue weighted by atomic mass is 9.78. The van der Waals surface area contributed by atoms with Gasteiger partial charge in [0.15, 0.2) is 0 Å². The highest BCUT2D eigenvalue weighted by Gasteiger charge is 2.20. The maximum atomic E-state index is 11.4. The van der Waals surface area contributed by atoms with Crippen molar-refractivity contribution in [1.82, 2.24) is 0 Å². The number of ketones is 1. The minimum absolute atomic E-state index is 0.294. The molecule has 1 heteroatoms. The average molecular weight is 192 g/mol. The molecule has 0 aromatic rings. The molecular weight excluding hydrogens is 172 g/mol. The molecule has 0 aromatic carbocycles. The molecule has 0 N–H and O–H groups in total. The molecule has 78 valence electrons. The van der Waals surface area contributed by atoms with Gasteiger partial charge in [-0.1, -0.05) is 31.6 Å². The second kappa shape index (κ2) is 4.59. The van der Waals surface area contributed by atoms with Crippen molar-refractivity contribution in [2.75, 3.05) is 0 Å². The van der Waals surface area contributed by atoms with Crippen molar-refractivity contribution in [3.63, 3.8) is 0 Å². The number of Topliss-reactive ketones (excluding diaryl/α,β-unsaturated/α-hetero) is 1. The predicted octanol–water partition coefficient (Wildman–Crippen LogP) is 3.66. The molecule has 1 aliphatic carbocycles. The predicted molar refractivity (Wildman–Crippen MR) is 60.2 cm³/mol. The molecule has 0 atom stereocenters. The van der Waals surface area contributed by atoms with Crippen molar-refractivity contribution in [3.8, 4) is 0 Å². The SMILES string of the molecule is C=CCC(=O)CC1=CC(C)(C)CCC1. The summed E-state index contributed by atoms with van der Waals surface area (Å²) in [6.07, 6.45) is 8.69. The molecule has 0 heterocycles. The largest absolute Gasteiger partial charge is 0.299 e. The smallest absolute Gasteiger partial charge is 0.140 e. The van der Waals surface area contributed by atoms with Gasteiger partial charge in [0.2, 0.25) is 0 Å². The molecule has 1 rings (SSSR count). The highest BCUT2D eigenvalue weighted by Crippen LogP contribution is 2.34. The van der Waals surface area contributed by atoms with Crippen LogP contribution in [0.3, 0.4) is 0 Å². The first-order valence-corrected chi connectivity index (χ1v) is 5.37. The second-order valence-electron chi connectivity index (χ2n) is 4.85. The van der Waals surface area contributed by atoms with Crippen LogP contribution in [-0.2, 0) is 4.79 Å². The summed E-state index contributed by atoms with van der Waals surface area (Å²) in [7, 11) is 0. The summed E-state index contributed by atoms with van der Waals surface area (Å²) in [4.78, 5) is 11.4. The Balaban J connectivity index is 2.56. The molecule has 0 aromatic heterocycles. The van der Waals surface area contributed by atoms with Crippen LogP contribution in [0.4, 0.5) is 0 Å². The second-order valence-corrected chi connectivity index (χ2v) is 4.85. The highest BCUT2D eigenvalue weighted by molar-refractivity contribution is 5.82. The summed E-state index contributed by atoms with van der Waals surface area (Å²) < 4.78 is 0. The third-order valence-electron chi connectivity index (χ3n) is 2.71. The van der Waals surface area contributed by atoms with E-state index in [1.165, 1.54) is 18.4 Å². The van der Waals surface area contributed by atoms with E-state index in [9.17, 15) is 4.79 Å². The van der Waals surface area contributed by atoms with Gasteiger partial charge >= 0.3 is 0 Å². The molecule has 14 heavy (non-hydrogen) atoms. The Hall–Kier alpha value is -0.850. The van der Waals surface area contributed by atoms with Crippen LogP contribution in [0.15, 0.2) is 24.3 Å². The lowest BCUT2D eigenvalue weighted by molar-refractivity contribution is -0.117. The fourth-order valence-corrected chi connectivity index (χ4v) is 2.09. The maximum absolute atomic E-state index is 11.4. The molecule has 0 saturated carbocycles. The zero-order chi connectivity index (χ0) is 10.6. The fourth-order valence-electron chi connectivity index (χ4n) is 2.09. The topological polar surface area (TPSA) is 17.1 Å². The molecule has 1 aliphatic rings. The van der Waals surface area contributed by atoms with E-state index < -0.39 is 0 Å². The van der Waals surface area contributed by atoms with Gasteiger partial charge in [-0.2, -0.15) is 0 Å². The van der Waals surface area contributed by atoms with Gasteiger partial charge in [0.1, 0.15) is 5.78 Å². The first-order chi connectivity index (χ1) is 6.53. The van der Waals surface area contributed by atoms with Crippen LogP contribution in [0.5, 0.6) is 0 Å². The number of hydrogen-bond acceptors (Lipinski definition) is 1. The van der Waals surface area contributed by atoms with E-state index in [1.54, 1.807) is 6.08 Å². The molecule has 0 unspecified atom stereocenters. The Kier molecular flexibility index (Phi) is 3.68. The number of carbonyl (C=O) groups is 1. The average Bonchev–Trinajstić information content (AvgIpc) is 2.02. The molecule has 0 aliphatic heterocycles. The Morgan fingerprint density at radius 1 is 1.64 bits per heavy atom. The van der Waals surface area contributed by atoms with E-state index in [-0.39, 0.29) is 0 Å². The summed E-state index contributed by atoms with van der Waals surface area (Å²) in [5.41, 5.74) is 1.62. The van der Waals surface area contributed by atoms with E-state index >= 15 is 0 Å². The van der Waals surface area contributed by atoms with Gasteiger partial charge in [-0.15, -0.1) is 6.58 Å². The van der Waals surface area contributed by atoms with Crippen molar-refractivity contribution in [2.45, 2.75) is 46.0 Å². The minimum atomic E-state index is 0.294. The Bertz CT molecular complexity index is 258. The first-order valence-electron chi connectivity index (χ1n) is 5.37. The Labute approximate surface area is 86.9 Å². The zero-order valence-corrected chi connectivity index (χ0v) is 9.31. The lowest BCUT2D eigenvalue weighted by Crippen LogP contribution is -2.14. The standard InChI is InChI=1S/C13H20O/c1-4-6-12(14)9-11-7-5-8-13(2,3)10-11/h4,10H,1,5-9H2,2-3H3. The van der Waals surface area contributed by atoms with E-state index in [4.69, 9.17) is 0 Å². The third-order valence-corrected chi connectivity index (χ3v) is 2.71. The van der Waals surface area contributed by atoms with Crippen molar-refractivity contribution in [3.05, 3.63) is 24.3 Å². The van der Waals surface area contributed by atoms with E-state index in [2.05, 4.69) is 26.5 Å². The normalized spacial score (nSPS) is 20.0. The third kappa shape index (κ3) is 3.49. The lowest BCUT2D eigenvalue weighted by Gasteiger charge is -2.27. The highest BCUT2D eigenvalue weighted by atomic mass is 16.1. The molecule has 0 bridgehead atoms. The van der Waals surface area contributed by atoms with E-state index in [0.717, 1.165) is 6.42 Å². The number of allylic oxidation sites excluding steroid dienone is 3. The van der Waals surface area contributed by atoms with Crippen molar-refractivity contribution >= 4 is 5.78 Å². The molecule has 1 nitrogen and oxygen atoms in total. The Morgan fingerprint density at radius 2 is 2.36 bits per heavy atom. The fraction of sp³-hybridized carbons (Fsp3) is 0.615. The van der Waals surface area contributed by atoms with Crippen LogP contribution in [0.25, 0.3) is 0 Å². The van der Waals surface area contributed by atoms with Crippen LogP contribution in [0.1, 0.15) is 46.0 Å². The van der Waals surface area contributed by atoms with Gasteiger partial charge in [0.05, 0.1) is 0 Å². The van der Waals surface area contributed by atoms with Crippen LogP contribution in [-0.4, -0.2) is 5.78 Å². The van der Waals surface area contributed by atoms with Crippen LogP contribution in [0.2, 0.25) is 0 Å². The molecular formula is C13H20O. The monoisotopic (exact) mass is 192 g/mol. The van der Waals surface area contributed by atoms with Gasteiger partial charge in [-0.3, -0.25) is 4.79 Å². The molecule has 0 spiro atoms. The number of carbonyl (C=O) groups excluding carboxylic acids is 1. The molecule has 0 saturated heterocycles. The Morgan fingerprint density at radius 3 is 2.93 bits per heavy atom. The first kappa shape index (κ1) is 11.2.